The van der Waals surface area contributed by atoms with E-state index in [4.69, 9.17) is 14.2 Å². The van der Waals surface area contributed by atoms with Gasteiger partial charge in [-0.1, -0.05) is 71.8 Å². The summed E-state index contributed by atoms with van der Waals surface area (Å²) in [5, 5.41) is 9.35. The van der Waals surface area contributed by atoms with Gasteiger partial charge in [-0.3, -0.25) is 0 Å². The summed E-state index contributed by atoms with van der Waals surface area (Å²) >= 11 is 0. The molecule has 0 amide bonds. The molecule has 2 atom stereocenters. The molecule has 2 aliphatic carbocycles. The molecular weight excluding hydrogens is 528 g/mol. The van der Waals surface area contributed by atoms with Gasteiger partial charge >= 0.3 is 11.9 Å². The van der Waals surface area contributed by atoms with E-state index in [0.29, 0.717) is 41.4 Å². The van der Waals surface area contributed by atoms with Gasteiger partial charge in [0.05, 0.1) is 26.4 Å². The number of hydrogen-bond acceptors (Lipinski definition) is 6. The molecule has 6 heteroatoms. The van der Waals surface area contributed by atoms with Gasteiger partial charge in [0.2, 0.25) is 0 Å². The molecule has 0 aromatic rings. The smallest absolute Gasteiger partial charge is 0.333 e. The lowest BCUT2D eigenvalue weighted by molar-refractivity contribution is -0.146. The summed E-state index contributed by atoms with van der Waals surface area (Å²) in [7, 11) is 0. The standard InChI is InChI=1S/C36H58O6/c1-8-9-10-11-29-12-14-30(15-13-29)31-16-18-32(19-17-31)34(24-42-36(39)26(4)5)33(23-41-35(38)25(2)3)20-21-40-28(7)27(6)22-37/h29-34,37H,2,4,6-24H2,1,3,5H3. The van der Waals surface area contributed by atoms with Crippen molar-refractivity contribution in [1.82, 2.24) is 0 Å². The number of ether oxygens (including phenoxy) is 3. The lowest BCUT2D eigenvalue weighted by Crippen LogP contribution is -2.36. The number of aliphatic hydroxyl groups excluding tert-OH is 1. The van der Waals surface area contributed by atoms with E-state index >= 15 is 0 Å². The van der Waals surface area contributed by atoms with E-state index < -0.39 is 11.9 Å². The van der Waals surface area contributed by atoms with E-state index in [0.717, 1.165) is 30.6 Å². The van der Waals surface area contributed by atoms with Gasteiger partial charge in [-0.15, -0.1) is 0 Å². The molecule has 0 heterocycles. The van der Waals surface area contributed by atoms with Gasteiger partial charge in [0.25, 0.3) is 0 Å². The molecule has 0 saturated heterocycles. The average Bonchev–Trinajstić information content (AvgIpc) is 2.99. The first kappa shape index (κ1) is 35.9. The van der Waals surface area contributed by atoms with Crippen LogP contribution in [0.2, 0.25) is 0 Å². The molecule has 2 unspecified atom stereocenters. The average molecular weight is 587 g/mol. The fraction of sp³-hybridized carbons (Fsp3) is 0.722. The van der Waals surface area contributed by atoms with Crippen LogP contribution in [0.15, 0.2) is 48.8 Å². The molecule has 2 rings (SSSR count). The minimum atomic E-state index is -0.425. The van der Waals surface area contributed by atoms with Crippen LogP contribution in [0.5, 0.6) is 0 Å². The van der Waals surface area contributed by atoms with Crippen molar-refractivity contribution in [2.45, 2.75) is 104 Å². The maximum Gasteiger partial charge on any atom is 0.333 e. The number of aliphatic hydroxyl groups is 1. The van der Waals surface area contributed by atoms with Gasteiger partial charge in [0, 0.05) is 28.6 Å². The number of esters is 2. The van der Waals surface area contributed by atoms with Crippen LogP contribution in [0.25, 0.3) is 0 Å². The van der Waals surface area contributed by atoms with E-state index in [9.17, 15) is 14.7 Å². The van der Waals surface area contributed by atoms with Crippen molar-refractivity contribution in [3.8, 4) is 0 Å². The Hall–Kier alpha value is -2.34. The van der Waals surface area contributed by atoms with Gasteiger partial charge in [0.15, 0.2) is 0 Å². The van der Waals surface area contributed by atoms with E-state index in [-0.39, 0.29) is 31.7 Å². The largest absolute Gasteiger partial charge is 0.494 e. The van der Waals surface area contributed by atoms with Crippen LogP contribution in [-0.4, -0.2) is 43.5 Å². The fourth-order valence-corrected chi connectivity index (χ4v) is 6.88. The highest BCUT2D eigenvalue weighted by molar-refractivity contribution is 5.87. The maximum atomic E-state index is 12.4. The Bertz CT molecular complexity index is 904. The van der Waals surface area contributed by atoms with Crippen molar-refractivity contribution >= 4 is 11.9 Å². The predicted molar refractivity (Wildman–Crippen MR) is 169 cm³/mol. The second-order valence-electron chi connectivity index (χ2n) is 13.0. The van der Waals surface area contributed by atoms with E-state index in [1.54, 1.807) is 13.8 Å². The summed E-state index contributed by atoms with van der Waals surface area (Å²) in [5.41, 5.74) is 1.15. The van der Waals surface area contributed by atoms with Crippen LogP contribution >= 0.6 is 0 Å². The molecule has 42 heavy (non-hydrogen) atoms. The van der Waals surface area contributed by atoms with Crippen molar-refractivity contribution in [3.63, 3.8) is 0 Å². The monoisotopic (exact) mass is 586 g/mol. The van der Waals surface area contributed by atoms with E-state index in [2.05, 4.69) is 33.2 Å². The van der Waals surface area contributed by atoms with E-state index in [1.807, 2.05) is 0 Å². The Kier molecular flexibility index (Phi) is 16.3. The second kappa shape index (κ2) is 19.0. The topological polar surface area (TPSA) is 82.1 Å². The Labute approximate surface area is 255 Å². The number of carbonyl (C=O) groups excluding carboxylic acids is 2. The van der Waals surface area contributed by atoms with Crippen molar-refractivity contribution in [2.24, 2.45) is 35.5 Å². The Balaban J connectivity index is 2.07. The fourth-order valence-electron chi connectivity index (χ4n) is 6.88. The molecule has 2 fully saturated rings. The van der Waals surface area contributed by atoms with Crippen LogP contribution in [0.1, 0.15) is 104 Å². The molecular formula is C36H58O6. The summed E-state index contributed by atoms with van der Waals surface area (Å²) in [4.78, 5) is 24.7. The minimum absolute atomic E-state index is 0.0133. The van der Waals surface area contributed by atoms with Crippen LogP contribution in [0.4, 0.5) is 0 Å². The number of unbranched alkanes of at least 4 members (excludes halogenated alkanes) is 2. The molecule has 0 aromatic heterocycles. The zero-order chi connectivity index (χ0) is 31.1. The first-order valence-corrected chi connectivity index (χ1v) is 16.3. The third kappa shape index (κ3) is 12.1. The minimum Gasteiger partial charge on any atom is -0.494 e. The normalized spacial score (nSPS) is 23.7. The van der Waals surface area contributed by atoms with Crippen molar-refractivity contribution in [3.05, 3.63) is 48.8 Å². The Morgan fingerprint density at radius 1 is 0.786 bits per heavy atom. The van der Waals surface area contributed by atoms with Gasteiger partial charge in [0.1, 0.15) is 5.76 Å². The molecule has 6 nitrogen and oxygen atoms in total. The van der Waals surface area contributed by atoms with Gasteiger partial charge in [-0.2, -0.15) is 0 Å². The third-order valence-corrected chi connectivity index (χ3v) is 9.68. The lowest BCUT2D eigenvalue weighted by Gasteiger charge is -2.41. The van der Waals surface area contributed by atoms with Crippen LogP contribution in [0, 0.1) is 35.5 Å². The molecule has 238 valence electrons. The zero-order valence-electron chi connectivity index (χ0n) is 26.8. The van der Waals surface area contributed by atoms with Crippen LogP contribution in [0.3, 0.4) is 0 Å². The summed E-state index contributed by atoms with van der Waals surface area (Å²) in [5.74, 6) is 2.34. The predicted octanol–water partition coefficient (Wildman–Crippen LogP) is 8.12. The van der Waals surface area contributed by atoms with E-state index in [1.165, 1.54) is 64.2 Å². The lowest BCUT2D eigenvalue weighted by atomic mass is 9.65. The molecule has 0 spiro atoms. The highest BCUT2D eigenvalue weighted by Crippen LogP contribution is 2.45. The summed E-state index contributed by atoms with van der Waals surface area (Å²) in [6.07, 6.45) is 16.1. The summed E-state index contributed by atoms with van der Waals surface area (Å²) < 4.78 is 17.2. The third-order valence-electron chi connectivity index (χ3n) is 9.68. The molecule has 1 N–H and O–H groups in total. The Morgan fingerprint density at radius 3 is 1.86 bits per heavy atom. The molecule has 2 aliphatic rings. The highest BCUT2D eigenvalue weighted by Gasteiger charge is 2.37. The van der Waals surface area contributed by atoms with Gasteiger partial charge < -0.3 is 19.3 Å². The summed E-state index contributed by atoms with van der Waals surface area (Å²) in [6, 6.07) is 0. The molecule has 0 aromatic carbocycles. The second-order valence-corrected chi connectivity index (χ2v) is 13.0. The van der Waals surface area contributed by atoms with Crippen LogP contribution in [-0.2, 0) is 23.8 Å². The molecule has 0 bridgehead atoms. The number of carbonyl (C=O) groups is 2. The summed E-state index contributed by atoms with van der Waals surface area (Å²) in [6.45, 7) is 21.2. The van der Waals surface area contributed by atoms with Crippen LogP contribution < -0.4 is 0 Å². The van der Waals surface area contributed by atoms with Crippen molar-refractivity contribution in [1.29, 1.82) is 0 Å². The maximum absolute atomic E-state index is 12.4. The number of hydrogen-bond donors (Lipinski definition) is 1. The molecule has 0 radical (unpaired) electrons. The zero-order valence-corrected chi connectivity index (χ0v) is 26.8. The molecule has 2 saturated carbocycles. The highest BCUT2D eigenvalue weighted by atomic mass is 16.5. The quantitative estimate of drug-likeness (QED) is 0.0541. The number of rotatable bonds is 19. The first-order valence-electron chi connectivity index (χ1n) is 16.3. The molecule has 0 aliphatic heterocycles. The Morgan fingerprint density at radius 2 is 1.33 bits per heavy atom. The van der Waals surface area contributed by atoms with Gasteiger partial charge in [-0.25, -0.2) is 9.59 Å². The van der Waals surface area contributed by atoms with Crippen molar-refractivity contribution in [2.75, 3.05) is 26.4 Å². The first-order chi connectivity index (χ1) is 20.1. The SMILES string of the molecule is C=C(C)C(=O)OCC(CCOC(=C)C(=C)CO)C(COC(=O)C(=C)C)C1CCC(C2CCC(CCCCC)CC2)CC1. The van der Waals surface area contributed by atoms with Crippen molar-refractivity contribution < 1.29 is 28.9 Å². The van der Waals surface area contributed by atoms with Gasteiger partial charge in [-0.05, 0) is 82.5 Å².